The Labute approximate surface area is 187 Å². The first kappa shape index (κ1) is 24.6. The minimum atomic E-state index is -0.647. The van der Waals surface area contributed by atoms with E-state index >= 15 is 0 Å². The number of para-hydroxylation sites is 1. The molecule has 2 N–H and O–H groups in total. The van der Waals surface area contributed by atoms with Gasteiger partial charge < -0.3 is 20.1 Å². The van der Waals surface area contributed by atoms with Crippen molar-refractivity contribution in [2.45, 2.75) is 40.0 Å². The third-order valence-electron chi connectivity index (χ3n) is 4.51. The average molecular weight is 440 g/mol. The molecular weight excluding hydrogens is 412 g/mol. The Morgan fingerprint density at radius 1 is 0.812 bits per heavy atom. The third-order valence-corrected chi connectivity index (χ3v) is 4.51. The molecule has 0 aromatic heterocycles. The number of amides is 2. The summed E-state index contributed by atoms with van der Waals surface area (Å²) >= 11 is 0. The second-order valence-electron chi connectivity index (χ2n) is 7.24. The summed E-state index contributed by atoms with van der Waals surface area (Å²) in [7, 11) is 0. The monoisotopic (exact) mass is 440 g/mol. The number of esters is 2. The molecule has 2 aromatic rings. The van der Waals surface area contributed by atoms with Gasteiger partial charge in [0.15, 0.2) is 6.61 Å². The standard InChI is InChI=1S/C24H28N2O6/c1-4-14-31-24(30)18-8-10-19(11-9-18)25-21(28)15-32-22(29)13-12-20(27)26-23-16(2)6-5-7-17(23)3/h5-11H,4,12-15H2,1-3H3,(H,25,28)(H,26,27). The lowest BCUT2D eigenvalue weighted by Gasteiger charge is -2.11. The number of carbonyl (C=O) groups excluding carboxylic acids is 4. The predicted molar refractivity (Wildman–Crippen MR) is 120 cm³/mol. The fraction of sp³-hybridized carbons (Fsp3) is 0.333. The van der Waals surface area contributed by atoms with Gasteiger partial charge >= 0.3 is 11.9 Å². The van der Waals surface area contributed by atoms with Crippen LogP contribution in [-0.4, -0.2) is 37.0 Å². The molecule has 2 amide bonds. The highest BCUT2D eigenvalue weighted by molar-refractivity contribution is 5.95. The van der Waals surface area contributed by atoms with Crippen LogP contribution in [0.25, 0.3) is 0 Å². The van der Waals surface area contributed by atoms with E-state index < -0.39 is 24.5 Å². The fourth-order valence-corrected chi connectivity index (χ4v) is 2.81. The molecule has 0 fully saturated rings. The Hall–Kier alpha value is -3.68. The number of hydrogen-bond donors (Lipinski definition) is 2. The second kappa shape index (κ2) is 12.2. The summed E-state index contributed by atoms with van der Waals surface area (Å²) in [5.74, 6) is -1.91. The van der Waals surface area contributed by atoms with Crippen LogP contribution in [-0.2, 0) is 23.9 Å². The smallest absolute Gasteiger partial charge is 0.338 e. The highest BCUT2D eigenvalue weighted by Gasteiger charge is 2.13. The molecule has 0 aliphatic carbocycles. The summed E-state index contributed by atoms with van der Waals surface area (Å²) in [6.07, 6.45) is 0.540. The van der Waals surface area contributed by atoms with Crippen molar-refractivity contribution in [3.05, 3.63) is 59.2 Å². The largest absolute Gasteiger partial charge is 0.462 e. The van der Waals surface area contributed by atoms with Crippen molar-refractivity contribution < 1.29 is 28.7 Å². The molecule has 2 rings (SSSR count). The Morgan fingerprint density at radius 2 is 1.47 bits per heavy atom. The lowest BCUT2D eigenvalue weighted by Crippen LogP contribution is -2.22. The van der Waals surface area contributed by atoms with Gasteiger partial charge in [0.05, 0.1) is 18.6 Å². The van der Waals surface area contributed by atoms with Gasteiger partial charge in [-0.05, 0) is 55.7 Å². The number of anilines is 2. The van der Waals surface area contributed by atoms with Gasteiger partial charge in [0.25, 0.3) is 5.91 Å². The zero-order valence-electron chi connectivity index (χ0n) is 18.5. The van der Waals surface area contributed by atoms with Gasteiger partial charge in [-0.25, -0.2) is 4.79 Å². The van der Waals surface area contributed by atoms with Gasteiger partial charge in [0, 0.05) is 17.8 Å². The molecule has 32 heavy (non-hydrogen) atoms. The molecule has 0 spiro atoms. The highest BCUT2D eigenvalue weighted by Crippen LogP contribution is 2.19. The first-order valence-electron chi connectivity index (χ1n) is 10.4. The Morgan fingerprint density at radius 3 is 2.09 bits per heavy atom. The van der Waals surface area contributed by atoms with Crippen LogP contribution in [0.1, 0.15) is 47.7 Å². The van der Waals surface area contributed by atoms with Crippen LogP contribution < -0.4 is 10.6 Å². The van der Waals surface area contributed by atoms with Crippen LogP contribution in [0.5, 0.6) is 0 Å². The summed E-state index contributed by atoms with van der Waals surface area (Å²) in [6.45, 7) is 5.55. The SMILES string of the molecule is CCCOC(=O)c1ccc(NC(=O)COC(=O)CCC(=O)Nc2c(C)cccc2C)cc1. The lowest BCUT2D eigenvalue weighted by molar-refractivity contribution is -0.147. The highest BCUT2D eigenvalue weighted by atomic mass is 16.5. The van der Waals surface area contributed by atoms with Crippen molar-refractivity contribution >= 4 is 35.1 Å². The number of ether oxygens (including phenoxy) is 2. The maximum Gasteiger partial charge on any atom is 0.338 e. The predicted octanol–water partition coefficient (Wildman–Crippen LogP) is 3.77. The molecule has 0 radical (unpaired) electrons. The normalized spacial score (nSPS) is 10.2. The van der Waals surface area contributed by atoms with Crippen molar-refractivity contribution in [2.24, 2.45) is 0 Å². The summed E-state index contributed by atoms with van der Waals surface area (Å²) < 4.78 is 9.96. The molecule has 2 aromatic carbocycles. The van der Waals surface area contributed by atoms with E-state index in [1.165, 1.54) is 12.1 Å². The zero-order valence-corrected chi connectivity index (χ0v) is 18.5. The van der Waals surface area contributed by atoms with Crippen LogP contribution in [0.3, 0.4) is 0 Å². The molecule has 0 heterocycles. The van der Waals surface area contributed by atoms with Gasteiger partial charge in [-0.1, -0.05) is 25.1 Å². The van der Waals surface area contributed by atoms with Crippen molar-refractivity contribution in [2.75, 3.05) is 23.8 Å². The number of aryl methyl sites for hydroxylation is 2. The molecule has 0 atom stereocenters. The van der Waals surface area contributed by atoms with Gasteiger partial charge in [-0.2, -0.15) is 0 Å². The molecule has 0 bridgehead atoms. The van der Waals surface area contributed by atoms with E-state index in [2.05, 4.69) is 10.6 Å². The summed E-state index contributed by atoms with van der Waals surface area (Å²) in [5.41, 5.74) is 3.43. The number of nitrogens with one attached hydrogen (secondary N) is 2. The van der Waals surface area contributed by atoms with Crippen LogP contribution in [0.4, 0.5) is 11.4 Å². The minimum Gasteiger partial charge on any atom is -0.462 e. The van der Waals surface area contributed by atoms with Crippen molar-refractivity contribution in [1.82, 2.24) is 0 Å². The molecule has 0 saturated carbocycles. The number of carbonyl (C=O) groups is 4. The van der Waals surface area contributed by atoms with E-state index in [1.54, 1.807) is 12.1 Å². The van der Waals surface area contributed by atoms with Gasteiger partial charge in [0.1, 0.15) is 0 Å². The van der Waals surface area contributed by atoms with Gasteiger partial charge in [-0.3, -0.25) is 14.4 Å². The van der Waals surface area contributed by atoms with Crippen LogP contribution >= 0.6 is 0 Å². The first-order chi connectivity index (χ1) is 15.3. The second-order valence-corrected chi connectivity index (χ2v) is 7.24. The van der Waals surface area contributed by atoms with E-state index in [0.29, 0.717) is 17.9 Å². The number of hydrogen-bond acceptors (Lipinski definition) is 6. The number of benzene rings is 2. The minimum absolute atomic E-state index is 0.0518. The third kappa shape index (κ3) is 7.86. The Kier molecular flexibility index (Phi) is 9.41. The molecule has 0 aliphatic heterocycles. The summed E-state index contributed by atoms with van der Waals surface area (Å²) in [4.78, 5) is 47.7. The number of rotatable bonds is 10. The molecule has 8 nitrogen and oxygen atoms in total. The van der Waals surface area contributed by atoms with Crippen LogP contribution in [0.15, 0.2) is 42.5 Å². The first-order valence-corrected chi connectivity index (χ1v) is 10.4. The summed E-state index contributed by atoms with van der Waals surface area (Å²) in [5, 5.41) is 5.37. The Bertz CT molecular complexity index is 949. The molecular formula is C24H28N2O6. The molecule has 8 heteroatoms. The van der Waals surface area contributed by atoms with Gasteiger partial charge in [-0.15, -0.1) is 0 Å². The van der Waals surface area contributed by atoms with E-state index in [1.807, 2.05) is 39.0 Å². The lowest BCUT2D eigenvalue weighted by atomic mass is 10.1. The summed E-state index contributed by atoms with van der Waals surface area (Å²) in [6, 6.07) is 11.9. The molecule has 0 aliphatic rings. The van der Waals surface area contributed by atoms with Crippen molar-refractivity contribution in [3.63, 3.8) is 0 Å². The zero-order chi connectivity index (χ0) is 23.5. The van der Waals surface area contributed by atoms with Gasteiger partial charge in [0.2, 0.25) is 5.91 Å². The Balaban J connectivity index is 1.72. The maximum absolute atomic E-state index is 12.1. The van der Waals surface area contributed by atoms with Crippen molar-refractivity contribution in [3.8, 4) is 0 Å². The average Bonchev–Trinajstić information content (AvgIpc) is 2.77. The molecule has 0 unspecified atom stereocenters. The topological polar surface area (TPSA) is 111 Å². The van der Waals surface area contributed by atoms with E-state index in [9.17, 15) is 19.2 Å². The van der Waals surface area contributed by atoms with Crippen LogP contribution in [0, 0.1) is 13.8 Å². The fourth-order valence-electron chi connectivity index (χ4n) is 2.81. The van der Waals surface area contributed by atoms with Crippen molar-refractivity contribution in [1.29, 1.82) is 0 Å². The maximum atomic E-state index is 12.1. The van der Waals surface area contributed by atoms with E-state index in [0.717, 1.165) is 23.2 Å². The van der Waals surface area contributed by atoms with E-state index in [-0.39, 0.29) is 18.7 Å². The van der Waals surface area contributed by atoms with E-state index in [4.69, 9.17) is 9.47 Å². The quantitative estimate of drug-likeness (QED) is 0.544. The molecule has 170 valence electrons. The molecule has 0 saturated heterocycles. The van der Waals surface area contributed by atoms with Crippen LogP contribution in [0.2, 0.25) is 0 Å².